The first-order valence-electron chi connectivity index (χ1n) is 9.69. The molecule has 0 spiro atoms. The number of fused-ring (bicyclic) bond motifs is 1. The van der Waals surface area contributed by atoms with Gasteiger partial charge in [0.05, 0.1) is 0 Å². The van der Waals surface area contributed by atoms with Crippen molar-refractivity contribution in [2.45, 2.75) is 18.9 Å². The zero-order chi connectivity index (χ0) is 19.8. The number of nitrogens with one attached hydrogen (secondary N) is 2. The lowest BCUT2D eigenvalue weighted by molar-refractivity contribution is 0.174. The normalized spacial score (nSPS) is 13.7. The molecule has 29 heavy (non-hydrogen) atoms. The Hall–Kier alpha value is -2.00. The molecule has 0 amide bonds. The molecule has 1 aliphatic rings. The van der Waals surface area contributed by atoms with Crippen molar-refractivity contribution in [3.63, 3.8) is 0 Å². The van der Waals surface area contributed by atoms with Crippen molar-refractivity contribution in [2.24, 2.45) is 4.99 Å². The molecule has 1 unspecified atom stereocenters. The van der Waals surface area contributed by atoms with E-state index in [4.69, 9.17) is 9.47 Å². The maximum absolute atomic E-state index is 5.44. The highest BCUT2D eigenvalue weighted by Crippen LogP contribution is 2.32. The SMILES string of the molecule is CN=C(NCCc1ccc2c(c1)OCO2)NCC(Cc1ccccc1)N(C)C.I. The summed E-state index contributed by atoms with van der Waals surface area (Å²) in [5.74, 6) is 2.47. The molecule has 1 aliphatic heterocycles. The van der Waals surface area contributed by atoms with Crippen molar-refractivity contribution in [1.29, 1.82) is 0 Å². The summed E-state index contributed by atoms with van der Waals surface area (Å²) in [5.41, 5.74) is 2.55. The van der Waals surface area contributed by atoms with E-state index in [9.17, 15) is 0 Å². The highest BCUT2D eigenvalue weighted by Gasteiger charge is 2.14. The first-order valence-corrected chi connectivity index (χ1v) is 9.69. The number of halogens is 1. The monoisotopic (exact) mass is 510 g/mol. The molecule has 0 aromatic heterocycles. The van der Waals surface area contributed by atoms with Crippen molar-refractivity contribution >= 4 is 29.9 Å². The van der Waals surface area contributed by atoms with Crippen LogP contribution in [0.4, 0.5) is 0 Å². The molecule has 0 saturated carbocycles. The quantitative estimate of drug-likeness (QED) is 0.325. The summed E-state index contributed by atoms with van der Waals surface area (Å²) >= 11 is 0. The summed E-state index contributed by atoms with van der Waals surface area (Å²) < 4.78 is 10.8. The molecule has 0 saturated heterocycles. The molecule has 0 fully saturated rings. The third-order valence-corrected chi connectivity index (χ3v) is 4.92. The smallest absolute Gasteiger partial charge is 0.231 e. The molecule has 0 aliphatic carbocycles. The van der Waals surface area contributed by atoms with Gasteiger partial charge >= 0.3 is 0 Å². The van der Waals surface area contributed by atoms with Gasteiger partial charge in [0, 0.05) is 26.2 Å². The first-order chi connectivity index (χ1) is 13.7. The van der Waals surface area contributed by atoms with Gasteiger partial charge in [0.1, 0.15) is 0 Å². The Balaban J connectivity index is 0.00000300. The highest BCUT2D eigenvalue weighted by atomic mass is 127. The standard InChI is InChI=1S/C22H30N4O2.HI/c1-23-22(24-12-11-18-9-10-20-21(14-18)28-16-27-20)25-15-19(26(2)3)13-17-7-5-4-6-8-17;/h4-10,14,19H,11-13,15-16H2,1-3H3,(H2,23,24,25);1H. The molecule has 7 heteroatoms. The van der Waals surface area contributed by atoms with Crippen molar-refractivity contribution in [2.75, 3.05) is 41.0 Å². The van der Waals surface area contributed by atoms with E-state index in [-0.39, 0.29) is 24.0 Å². The number of hydrogen-bond donors (Lipinski definition) is 2. The Morgan fingerprint density at radius 3 is 2.52 bits per heavy atom. The second-order valence-corrected chi connectivity index (χ2v) is 7.12. The summed E-state index contributed by atoms with van der Waals surface area (Å²) in [7, 11) is 6.04. The van der Waals surface area contributed by atoms with Gasteiger partial charge < -0.3 is 25.0 Å². The molecular formula is C22H31IN4O2. The van der Waals surface area contributed by atoms with Crippen molar-refractivity contribution in [3.05, 3.63) is 59.7 Å². The van der Waals surface area contributed by atoms with Crippen LogP contribution >= 0.6 is 24.0 Å². The number of ether oxygens (including phenoxy) is 2. The van der Waals surface area contributed by atoms with E-state index in [1.165, 1.54) is 11.1 Å². The number of hydrogen-bond acceptors (Lipinski definition) is 4. The summed E-state index contributed by atoms with van der Waals surface area (Å²) in [6.45, 7) is 1.93. The molecule has 2 aromatic carbocycles. The number of aliphatic imine (C=N–C) groups is 1. The fourth-order valence-corrected chi connectivity index (χ4v) is 3.18. The zero-order valence-electron chi connectivity index (χ0n) is 17.4. The van der Waals surface area contributed by atoms with Gasteiger partial charge in [-0.3, -0.25) is 4.99 Å². The number of rotatable bonds is 8. The van der Waals surface area contributed by atoms with Crippen LogP contribution in [0.15, 0.2) is 53.5 Å². The molecular weight excluding hydrogens is 479 g/mol. The minimum Gasteiger partial charge on any atom is -0.454 e. The van der Waals surface area contributed by atoms with E-state index in [0.29, 0.717) is 12.8 Å². The lowest BCUT2D eigenvalue weighted by atomic mass is 10.1. The summed E-state index contributed by atoms with van der Waals surface area (Å²) in [6, 6.07) is 17.1. The van der Waals surface area contributed by atoms with Gasteiger partial charge in [0.15, 0.2) is 17.5 Å². The zero-order valence-corrected chi connectivity index (χ0v) is 19.7. The molecule has 0 radical (unpaired) electrons. The van der Waals surface area contributed by atoms with Crippen molar-refractivity contribution < 1.29 is 9.47 Å². The average Bonchev–Trinajstić information content (AvgIpc) is 3.18. The topological polar surface area (TPSA) is 58.1 Å². The highest BCUT2D eigenvalue weighted by molar-refractivity contribution is 14.0. The summed E-state index contributed by atoms with van der Waals surface area (Å²) in [6.07, 6.45) is 1.88. The van der Waals surface area contributed by atoms with Crippen molar-refractivity contribution in [3.8, 4) is 11.5 Å². The molecule has 158 valence electrons. The Kier molecular flexibility index (Phi) is 9.53. The Morgan fingerprint density at radius 2 is 1.79 bits per heavy atom. The maximum atomic E-state index is 5.44. The van der Waals surface area contributed by atoms with Crippen LogP contribution in [0, 0.1) is 0 Å². The van der Waals surface area contributed by atoms with Crippen LogP contribution in [0.5, 0.6) is 11.5 Å². The first kappa shape index (κ1) is 23.3. The van der Waals surface area contributed by atoms with Crippen LogP contribution in [0.25, 0.3) is 0 Å². The van der Waals surface area contributed by atoms with Crippen LogP contribution in [-0.2, 0) is 12.8 Å². The molecule has 1 heterocycles. The molecule has 2 aromatic rings. The number of guanidine groups is 1. The van der Waals surface area contributed by atoms with Gasteiger partial charge in [-0.25, -0.2) is 0 Å². The predicted molar refractivity (Wildman–Crippen MR) is 129 cm³/mol. The average molecular weight is 510 g/mol. The largest absolute Gasteiger partial charge is 0.454 e. The fourth-order valence-electron chi connectivity index (χ4n) is 3.18. The van der Waals surface area contributed by atoms with Crippen LogP contribution in [-0.4, -0.2) is 57.9 Å². The third-order valence-electron chi connectivity index (χ3n) is 4.92. The number of likely N-dealkylation sites (N-methyl/N-ethyl adjacent to an activating group) is 1. The summed E-state index contributed by atoms with van der Waals surface area (Å²) in [4.78, 5) is 6.60. The van der Waals surface area contributed by atoms with E-state index in [0.717, 1.165) is 43.4 Å². The summed E-state index contributed by atoms with van der Waals surface area (Å²) in [5, 5.41) is 6.84. The van der Waals surface area contributed by atoms with E-state index < -0.39 is 0 Å². The van der Waals surface area contributed by atoms with Crippen LogP contribution < -0.4 is 20.1 Å². The number of benzene rings is 2. The molecule has 1 atom stereocenters. The Labute approximate surface area is 190 Å². The minimum absolute atomic E-state index is 0. The molecule has 2 N–H and O–H groups in total. The van der Waals surface area contributed by atoms with Gasteiger partial charge in [-0.1, -0.05) is 36.4 Å². The predicted octanol–water partition coefficient (Wildman–Crippen LogP) is 2.91. The lowest BCUT2D eigenvalue weighted by Crippen LogP contribution is -2.46. The lowest BCUT2D eigenvalue weighted by Gasteiger charge is -2.25. The van der Waals surface area contributed by atoms with Crippen LogP contribution in [0.2, 0.25) is 0 Å². The van der Waals surface area contributed by atoms with Gasteiger partial charge in [-0.2, -0.15) is 0 Å². The van der Waals surface area contributed by atoms with Crippen molar-refractivity contribution in [1.82, 2.24) is 15.5 Å². The van der Waals surface area contributed by atoms with E-state index >= 15 is 0 Å². The van der Waals surface area contributed by atoms with E-state index in [1.807, 2.05) is 12.1 Å². The van der Waals surface area contributed by atoms with Gasteiger partial charge in [0.25, 0.3) is 0 Å². The molecule has 3 rings (SSSR count). The van der Waals surface area contributed by atoms with Gasteiger partial charge in [0.2, 0.25) is 6.79 Å². The second-order valence-electron chi connectivity index (χ2n) is 7.12. The molecule has 6 nitrogen and oxygen atoms in total. The second kappa shape index (κ2) is 11.9. The minimum atomic E-state index is 0. The van der Waals surface area contributed by atoms with E-state index in [1.54, 1.807) is 7.05 Å². The Bertz CT molecular complexity index is 784. The van der Waals surface area contributed by atoms with Crippen LogP contribution in [0.1, 0.15) is 11.1 Å². The van der Waals surface area contributed by atoms with E-state index in [2.05, 4.69) is 71.0 Å². The number of nitrogens with zero attached hydrogens (tertiary/aromatic N) is 2. The molecule has 0 bridgehead atoms. The Morgan fingerprint density at radius 1 is 1.03 bits per heavy atom. The maximum Gasteiger partial charge on any atom is 0.231 e. The van der Waals surface area contributed by atoms with Crippen LogP contribution in [0.3, 0.4) is 0 Å². The van der Waals surface area contributed by atoms with Gasteiger partial charge in [-0.05, 0) is 50.2 Å². The van der Waals surface area contributed by atoms with Gasteiger partial charge in [-0.15, -0.1) is 24.0 Å². The fraction of sp³-hybridized carbons (Fsp3) is 0.409. The third kappa shape index (κ3) is 7.08.